The van der Waals surface area contributed by atoms with Crippen molar-refractivity contribution in [1.29, 1.82) is 0 Å². The molecule has 4 nitrogen and oxygen atoms in total. The minimum atomic E-state index is 0.584. The Morgan fingerprint density at radius 1 is 1.35 bits per heavy atom. The maximum absolute atomic E-state index is 4.54. The fourth-order valence-corrected chi connectivity index (χ4v) is 2.52. The smallest absolute Gasteiger partial charge is 0.131 e. The Kier molecular flexibility index (Phi) is 5.00. The first-order valence-electron chi connectivity index (χ1n) is 6.46. The number of rotatable bonds is 6. The Morgan fingerprint density at radius 3 is 2.41 bits per heavy atom. The van der Waals surface area contributed by atoms with Crippen LogP contribution in [-0.2, 0) is 13.6 Å². The minimum Gasteiger partial charge on any atom is -0.357 e. The van der Waals surface area contributed by atoms with E-state index in [1.807, 2.05) is 18.8 Å². The van der Waals surface area contributed by atoms with E-state index >= 15 is 0 Å². The van der Waals surface area contributed by atoms with E-state index in [4.69, 9.17) is 0 Å². The molecule has 0 spiro atoms. The van der Waals surface area contributed by atoms with Gasteiger partial charge in [0.15, 0.2) is 0 Å². The van der Waals surface area contributed by atoms with Crippen molar-refractivity contribution in [3.05, 3.63) is 11.3 Å². The van der Waals surface area contributed by atoms with E-state index in [0.717, 1.165) is 25.1 Å². The third-order valence-electron chi connectivity index (χ3n) is 3.49. The molecule has 1 aromatic heterocycles. The van der Waals surface area contributed by atoms with Gasteiger partial charge in [-0.2, -0.15) is 5.10 Å². The maximum Gasteiger partial charge on any atom is 0.131 e. The van der Waals surface area contributed by atoms with Gasteiger partial charge < -0.3 is 10.2 Å². The molecular weight excluding hydrogens is 212 g/mol. The lowest BCUT2D eigenvalue weighted by Crippen LogP contribution is -2.33. The van der Waals surface area contributed by atoms with Crippen LogP contribution in [0.15, 0.2) is 0 Å². The van der Waals surface area contributed by atoms with Gasteiger partial charge in [0.25, 0.3) is 0 Å². The van der Waals surface area contributed by atoms with Crippen LogP contribution in [0.25, 0.3) is 0 Å². The normalized spacial score (nSPS) is 11.2. The summed E-state index contributed by atoms with van der Waals surface area (Å²) < 4.78 is 2.00. The van der Waals surface area contributed by atoms with Crippen LogP contribution in [0, 0.1) is 6.92 Å². The van der Waals surface area contributed by atoms with Gasteiger partial charge >= 0.3 is 0 Å². The van der Waals surface area contributed by atoms with E-state index in [0.29, 0.717) is 6.04 Å². The lowest BCUT2D eigenvalue weighted by atomic mass is 10.1. The van der Waals surface area contributed by atoms with Gasteiger partial charge in [0.1, 0.15) is 5.82 Å². The first-order chi connectivity index (χ1) is 8.06. The predicted molar refractivity (Wildman–Crippen MR) is 73.5 cm³/mol. The fraction of sp³-hybridized carbons (Fsp3) is 0.769. The summed E-state index contributed by atoms with van der Waals surface area (Å²) in [5, 5.41) is 7.77. The topological polar surface area (TPSA) is 33.1 Å². The molecule has 4 heteroatoms. The highest BCUT2D eigenvalue weighted by atomic mass is 15.4. The van der Waals surface area contributed by atoms with E-state index < -0.39 is 0 Å². The van der Waals surface area contributed by atoms with Crippen LogP contribution in [0.2, 0.25) is 0 Å². The summed E-state index contributed by atoms with van der Waals surface area (Å²) >= 11 is 0. The van der Waals surface area contributed by atoms with Crippen LogP contribution in [0.5, 0.6) is 0 Å². The van der Waals surface area contributed by atoms with E-state index in [2.05, 4.69) is 43.1 Å². The Hall–Kier alpha value is -1.03. The molecule has 0 unspecified atom stereocenters. The van der Waals surface area contributed by atoms with E-state index in [9.17, 15) is 0 Å². The van der Waals surface area contributed by atoms with E-state index in [-0.39, 0.29) is 0 Å². The highest BCUT2D eigenvalue weighted by molar-refractivity contribution is 5.50. The second-order valence-corrected chi connectivity index (χ2v) is 4.62. The van der Waals surface area contributed by atoms with Crippen LogP contribution in [0.4, 0.5) is 5.82 Å². The predicted octanol–water partition coefficient (Wildman–Crippen LogP) is 2.07. The molecule has 1 heterocycles. The number of nitrogens with zero attached hydrogens (tertiary/aromatic N) is 3. The molecule has 0 fully saturated rings. The first-order valence-corrected chi connectivity index (χ1v) is 6.46. The van der Waals surface area contributed by atoms with Gasteiger partial charge in [-0.3, -0.25) is 4.68 Å². The van der Waals surface area contributed by atoms with Crippen molar-refractivity contribution in [2.75, 3.05) is 19.0 Å². The number of aryl methyl sites for hydroxylation is 2. The third kappa shape index (κ3) is 2.80. The van der Waals surface area contributed by atoms with Crippen LogP contribution in [-0.4, -0.2) is 29.9 Å². The molecule has 1 aromatic rings. The second kappa shape index (κ2) is 6.05. The first kappa shape index (κ1) is 14.0. The lowest BCUT2D eigenvalue weighted by molar-refractivity contribution is 0.570. The van der Waals surface area contributed by atoms with Crippen molar-refractivity contribution in [2.24, 2.45) is 7.05 Å². The van der Waals surface area contributed by atoms with Gasteiger partial charge in [0.2, 0.25) is 0 Å². The molecule has 98 valence electrons. The molecule has 0 saturated heterocycles. The molecule has 0 bridgehead atoms. The standard InChI is InChI=1S/C13H26N4/c1-7-11(8-2)16(5)13-12(9-14-4)10(3)15-17(13)6/h11,14H,7-9H2,1-6H3. The Labute approximate surface area is 105 Å². The van der Waals surface area contributed by atoms with E-state index in [1.54, 1.807) is 0 Å². The number of aromatic nitrogens is 2. The molecule has 17 heavy (non-hydrogen) atoms. The highest BCUT2D eigenvalue weighted by Gasteiger charge is 2.20. The van der Waals surface area contributed by atoms with Crippen LogP contribution >= 0.6 is 0 Å². The Morgan fingerprint density at radius 2 is 1.94 bits per heavy atom. The Bertz CT molecular complexity index is 353. The van der Waals surface area contributed by atoms with Gasteiger partial charge in [-0.25, -0.2) is 0 Å². The van der Waals surface area contributed by atoms with Gasteiger partial charge in [-0.1, -0.05) is 13.8 Å². The summed E-state index contributed by atoms with van der Waals surface area (Å²) in [5.74, 6) is 1.24. The van der Waals surface area contributed by atoms with Crippen LogP contribution < -0.4 is 10.2 Å². The highest BCUT2D eigenvalue weighted by Crippen LogP contribution is 2.25. The van der Waals surface area contributed by atoms with Crippen LogP contribution in [0.1, 0.15) is 37.9 Å². The molecule has 0 atom stereocenters. The molecule has 0 radical (unpaired) electrons. The van der Waals surface area contributed by atoms with Gasteiger partial charge in [-0.05, 0) is 26.8 Å². The molecule has 1 rings (SSSR count). The molecule has 0 saturated carbocycles. The van der Waals surface area contributed by atoms with Crippen molar-refractivity contribution in [2.45, 2.75) is 46.2 Å². The average molecular weight is 238 g/mol. The van der Waals surface area contributed by atoms with Crippen molar-refractivity contribution < 1.29 is 0 Å². The summed E-state index contributed by atoms with van der Waals surface area (Å²) in [6.07, 6.45) is 2.33. The largest absolute Gasteiger partial charge is 0.357 e. The van der Waals surface area contributed by atoms with Gasteiger partial charge in [0.05, 0.1) is 5.69 Å². The maximum atomic E-state index is 4.54. The van der Waals surface area contributed by atoms with Crippen molar-refractivity contribution in [3.8, 4) is 0 Å². The third-order valence-corrected chi connectivity index (χ3v) is 3.49. The SMILES string of the molecule is CCC(CC)N(C)c1c(CNC)c(C)nn1C. The summed E-state index contributed by atoms with van der Waals surface area (Å²) in [5.41, 5.74) is 2.43. The summed E-state index contributed by atoms with van der Waals surface area (Å²) in [6, 6.07) is 0.584. The fourth-order valence-electron chi connectivity index (χ4n) is 2.52. The summed E-state index contributed by atoms with van der Waals surface area (Å²) in [7, 11) is 6.18. The van der Waals surface area contributed by atoms with Crippen LogP contribution in [0.3, 0.4) is 0 Å². The van der Waals surface area contributed by atoms with Crippen molar-refractivity contribution >= 4 is 5.82 Å². The molecule has 1 N–H and O–H groups in total. The van der Waals surface area contributed by atoms with Crippen molar-refractivity contribution in [1.82, 2.24) is 15.1 Å². The molecule has 0 aliphatic rings. The zero-order chi connectivity index (χ0) is 13.0. The zero-order valence-corrected chi connectivity index (χ0v) is 12.0. The van der Waals surface area contributed by atoms with Crippen molar-refractivity contribution in [3.63, 3.8) is 0 Å². The summed E-state index contributed by atoms with van der Waals surface area (Å²) in [4.78, 5) is 2.37. The number of hydrogen-bond donors (Lipinski definition) is 1. The monoisotopic (exact) mass is 238 g/mol. The summed E-state index contributed by atoms with van der Waals surface area (Å²) in [6.45, 7) is 7.44. The number of hydrogen-bond acceptors (Lipinski definition) is 3. The van der Waals surface area contributed by atoms with E-state index in [1.165, 1.54) is 11.4 Å². The number of nitrogens with one attached hydrogen (secondary N) is 1. The molecule has 0 amide bonds. The Balaban J connectivity index is 3.10. The second-order valence-electron chi connectivity index (χ2n) is 4.62. The average Bonchev–Trinajstić information content (AvgIpc) is 2.56. The lowest BCUT2D eigenvalue weighted by Gasteiger charge is -2.29. The zero-order valence-electron chi connectivity index (χ0n) is 12.0. The minimum absolute atomic E-state index is 0.584. The molecule has 0 aliphatic heterocycles. The van der Waals surface area contributed by atoms with Gasteiger partial charge in [0, 0.05) is 32.2 Å². The quantitative estimate of drug-likeness (QED) is 0.823. The molecule has 0 aromatic carbocycles. The molecular formula is C13H26N4. The number of anilines is 1. The molecule has 0 aliphatic carbocycles. The van der Waals surface area contributed by atoms with Gasteiger partial charge in [-0.15, -0.1) is 0 Å².